The van der Waals surface area contributed by atoms with Gasteiger partial charge in [0.15, 0.2) is 0 Å². The molecule has 3 rings (SSSR count). The Labute approximate surface area is 195 Å². The van der Waals surface area contributed by atoms with Crippen LogP contribution in [0.3, 0.4) is 0 Å². The quantitative estimate of drug-likeness (QED) is 0.600. The van der Waals surface area contributed by atoms with Crippen molar-refractivity contribution >= 4 is 34.8 Å². The van der Waals surface area contributed by atoms with Gasteiger partial charge in [0.05, 0.1) is 18.0 Å². The number of piperazine rings is 1. The van der Waals surface area contributed by atoms with Crippen LogP contribution < -0.4 is 15.0 Å². The maximum absolute atomic E-state index is 12.9. The summed E-state index contributed by atoms with van der Waals surface area (Å²) in [5.74, 6) is 1.18. The lowest BCUT2D eigenvalue weighted by atomic mass is 10.1. The fourth-order valence-electron chi connectivity index (χ4n) is 3.61. The van der Waals surface area contributed by atoms with Crippen LogP contribution in [0, 0.1) is 5.92 Å². The molecule has 0 radical (unpaired) electrons. The van der Waals surface area contributed by atoms with Crippen LogP contribution in [0.1, 0.15) is 44.0 Å². The summed E-state index contributed by atoms with van der Waals surface area (Å²) in [4.78, 5) is 29.2. The first-order valence-corrected chi connectivity index (χ1v) is 11.6. The highest BCUT2D eigenvalue weighted by Crippen LogP contribution is 2.30. The molecule has 172 valence electrons. The molecule has 2 aromatic rings. The number of amides is 2. The molecule has 32 heavy (non-hydrogen) atoms. The van der Waals surface area contributed by atoms with Gasteiger partial charge in [-0.25, -0.2) is 0 Å². The first kappa shape index (κ1) is 23.9. The van der Waals surface area contributed by atoms with Crippen LogP contribution in [-0.2, 0) is 4.79 Å². The maximum atomic E-state index is 12.9. The van der Waals surface area contributed by atoms with Gasteiger partial charge in [0.1, 0.15) is 5.75 Å². The second kappa shape index (κ2) is 11.2. The molecule has 1 aliphatic heterocycles. The molecule has 0 spiro atoms. The molecule has 0 saturated carbocycles. The second-order valence-electron chi connectivity index (χ2n) is 8.46. The van der Waals surface area contributed by atoms with E-state index in [4.69, 9.17) is 16.3 Å². The summed E-state index contributed by atoms with van der Waals surface area (Å²) in [7, 11) is 0. The molecule has 1 saturated heterocycles. The van der Waals surface area contributed by atoms with Crippen LogP contribution in [0.5, 0.6) is 5.75 Å². The Morgan fingerprint density at radius 3 is 2.38 bits per heavy atom. The van der Waals surface area contributed by atoms with E-state index in [0.29, 0.717) is 61.4 Å². The highest BCUT2D eigenvalue weighted by atomic mass is 35.5. The van der Waals surface area contributed by atoms with E-state index >= 15 is 0 Å². The van der Waals surface area contributed by atoms with Crippen molar-refractivity contribution in [3.8, 4) is 5.75 Å². The Balaban J connectivity index is 1.68. The molecule has 0 bridgehead atoms. The van der Waals surface area contributed by atoms with E-state index in [2.05, 4.69) is 24.1 Å². The molecule has 1 N–H and O–H groups in total. The Morgan fingerprint density at radius 1 is 1.06 bits per heavy atom. The van der Waals surface area contributed by atoms with E-state index in [1.807, 2.05) is 36.1 Å². The van der Waals surface area contributed by atoms with Crippen molar-refractivity contribution < 1.29 is 14.3 Å². The predicted octanol–water partition coefficient (Wildman–Crippen LogP) is 5.08. The van der Waals surface area contributed by atoms with Crippen LogP contribution in [0.15, 0.2) is 42.5 Å². The Morgan fingerprint density at radius 2 is 1.75 bits per heavy atom. The number of hydrogen-bond acceptors (Lipinski definition) is 4. The fraction of sp³-hybridized carbons (Fsp3) is 0.440. The summed E-state index contributed by atoms with van der Waals surface area (Å²) >= 11 is 6.23. The monoisotopic (exact) mass is 457 g/mol. The second-order valence-corrected chi connectivity index (χ2v) is 8.90. The average Bonchev–Trinajstić information content (AvgIpc) is 2.78. The topological polar surface area (TPSA) is 61.9 Å². The molecular weight excluding hydrogens is 426 g/mol. The minimum atomic E-state index is -0.208. The maximum Gasteiger partial charge on any atom is 0.255 e. The Bertz CT molecular complexity index is 923. The number of nitrogens with one attached hydrogen (secondary N) is 1. The van der Waals surface area contributed by atoms with E-state index < -0.39 is 0 Å². The first-order chi connectivity index (χ1) is 15.4. The molecule has 0 aliphatic carbocycles. The molecule has 0 atom stereocenters. The van der Waals surface area contributed by atoms with Crippen molar-refractivity contribution in [3.05, 3.63) is 53.1 Å². The summed E-state index contributed by atoms with van der Waals surface area (Å²) in [6.07, 6.45) is 1.45. The third-order valence-corrected chi connectivity index (χ3v) is 5.58. The SMILES string of the molecule is CCCC(=O)N1CCN(c2ccc(Cl)cc2NC(=O)c2ccc(OCC(C)C)cc2)CC1. The van der Waals surface area contributed by atoms with Gasteiger partial charge in [-0.3, -0.25) is 9.59 Å². The number of carbonyl (C=O) groups excluding carboxylic acids is 2. The van der Waals surface area contributed by atoms with Gasteiger partial charge in [0.25, 0.3) is 5.91 Å². The normalized spacial score (nSPS) is 13.9. The van der Waals surface area contributed by atoms with E-state index in [0.717, 1.165) is 17.9 Å². The number of hydrogen-bond donors (Lipinski definition) is 1. The van der Waals surface area contributed by atoms with E-state index in [1.165, 1.54) is 0 Å². The van der Waals surface area contributed by atoms with Crippen LogP contribution in [-0.4, -0.2) is 49.5 Å². The highest BCUT2D eigenvalue weighted by molar-refractivity contribution is 6.31. The van der Waals surface area contributed by atoms with Crippen molar-refractivity contribution in [2.24, 2.45) is 5.92 Å². The zero-order valence-corrected chi connectivity index (χ0v) is 19.8. The van der Waals surface area contributed by atoms with E-state index in [-0.39, 0.29) is 11.8 Å². The van der Waals surface area contributed by atoms with E-state index in [9.17, 15) is 9.59 Å². The van der Waals surface area contributed by atoms with Gasteiger partial charge in [0, 0.05) is 43.2 Å². The Hall–Kier alpha value is -2.73. The third-order valence-electron chi connectivity index (χ3n) is 5.34. The summed E-state index contributed by atoms with van der Waals surface area (Å²) in [5, 5.41) is 3.56. The first-order valence-electron chi connectivity index (χ1n) is 11.2. The molecule has 1 fully saturated rings. The zero-order valence-electron chi connectivity index (χ0n) is 19.1. The summed E-state index contributed by atoms with van der Waals surface area (Å²) in [6.45, 7) is 9.60. The fourth-order valence-corrected chi connectivity index (χ4v) is 3.78. The largest absolute Gasteiger partial charge is 0.493 e. The van der Waals surface area contributed by atoms with Gasteiger partial charge in [0.2, 0.25) is 5.91 Å². The standard InChI is InChI=1S/C25H32ClN3O3/c1-4-5-24(30)29-14-12-28(13-15-29)23-11-8-20(26)16-22(23)27-25(31)19-6-9-21(10-7-19)32-17-18(2)3/h6-11,16,18H,4-5,12-15,17H2,1-3H3,(H,27,31). The molecule has 0 aromatic heterocycles. The molecule has 7 heteroatoms. The summed E-state index contributed by atoms with van der Waals surface area (Å²) in [5.41, 5.74) is 2.11. The van der Waals surface area contributed by atoms with Gasteiger partial charge >= 0.3 is 0 Å². The number of carbonyl (C=O) groups is 2. The number of rotatable bonds is 8. The van der Waals surface area contributed by atoms with Crippen molar-refractivity contribution in [2.45, 2.75) is 33.6 Å². The van der Waals surface area contributed by atoms with Crippen molar-refractivity contribution in [1.29, 1.82) is 0 Å². The van der Waals surface area contributed by atoms with Crippen LogP contribution in [0.25, 0.3) is 0 Å². The molecule has 6 nitrogen and oxygen atoms in total. The third kappa shape index (κ3) is 6.39. The molecule has 1 heterocycles. The number of nitrogens with zero attached hydrogens (tertiary/aromatic N) is 2. The smallest absolute Gasteiger partial charge is 0.255 e. The van der Waals surface area contributed by atoms with Crippen molar-refractivity contribution in [2.75, 3.05) is 43.0 Å². The van der Waals surface area contributed by atoms with Gasteiger partial charge in [-0.15, -0.1) is 0 Å². The lowest BCUT2D eigenvalue weighted by Gasteiger charge is -2.37. The summed E-state index contributed by atoms with van der Waals surface area (Å²) < 4.78 is 5.69. The van der Waals surface area contributed by atoms with Gasteiger partial charge in [-0.05, 0) is 54.8 Å². The zero-order chi connectivity index (χ0) is 23.1. The average molecular weight is 458 g/mol. The van der Waals surface area contributed by atoms with Gasteiger partial charge in [-0.1, -0.05) is 32.4 Å². The molecular formula is C25H32ClN3O3. The van der Waals surface area contributed by atoms with Crippen molar-refractivity contribution in [3.63, 3.8) is 0 Å². The van der Waals surface area contributed by atoms with Crippen LogP contribution in [0.4, 0.5) is 11.4 Å². The molecule has 2 aromatic carbocycles. The lowest BCUT2D eigenvalue weighted by Crippen LogP contribution is -2.48. The van der Waals surface area contributed by atoms with Crippen LogP contribution in [0.2, 0.25) is 5.02 Å². The van der Waals surface area contributed by atoms with Crippen LogP contribution >= 0.6 is 11.6 Å². The molecule has 2 amide bonds. The molecule has 0 unspecified atom stereocenters. The minimum Gasteiger partial charge on any atom is -0.493 e. The number of anilines is 2. The lowest BCUT2D eigenvalue weighted by molar-refractivity contribution is -0.131. The van der Waals surface area contributed by atoms with Gasteiger partial charge < -0.3 is 19.9 Å². The molecule has 1 aliphatic rings. The van der Waals surface area contributed by atoms with Gasteiger partial charge in [-0.2, -0.15) is 0 Å². The summed E-state index contributed by atoms with van der Waals surface area (Å²) in [6, 6.07) is 12.6. The van der Waals surface area contributed by atoms with Crippen molar-refractivity contribution in [1.82, 2.24) is 4.90 Å². The highest BCUT2D eigenvalue weighted by Gasteiger charge is 2.23. The Kier molecular flexibility index (Phi) is 8.39. The number of ether oxygens (including phenoxy) is 1. The predicted molar refractivity (Wildman–Crippen MR) is 130 cm³/mol. The number of halogens is 1. The van der Waals surface area contributed by atoms with E-state index in [1.54, 1.807) is 18.2 Å². The number of benzene rings is 2. The minimum absolute atomic E-state index is 0.206.